The van der Waals surface area contributed by atoms with Crippen molar-refractivity contribution in [2.75, 3.05) is 27.9 Å². The normalized spacial score (nSPS) is 11.0. The van der Waals surface area contributed by atoms with Crippen molar-refractivity contribution in [1.82, 2.24) is 5.32 Å². The first kappa shape index (κ1) is 21.6. The smallest absolute Gasteiger partial charge is 0.203 e. The van der Waals surface area contributed by atoms with Crippen LogP contribution < -0.4 is 25.3 Å². The molecule has 1 aromatic rings. The van der Waals surface area contributed by atoms with Gasteiger partial charge < -0.3 is 25.3 Å². The Morgan fingerprint density at radius 1 is 1.13 bits per heavy atom. The maximum Gasteiger partial charge on any atom is 0.203 e. The molecule has 1 rings (SSSR count). The van der Waals surface area contributed by atoms with Crippen LogP contribution in [0.2, 0.25) is 0 Å². The molecule has 0 aliphatic carbocycles. The van der Waals surface area contributed by atoms with Gasteiger partial charge in [-0.2, -0.15) is 0 Å². The molecule has 0 amide bonds. The Bertz CT molecular complexity index is 482. The largest absolute Gasteiger partial charge is 0.493 e. The Morgan fingerprint density at radius 3 is 2.13 bits per heavy atom. The zero-order chi connectivity index (χ0) is 16.5. The molecule has 0 heterocycles. The van der Waals surface area contributed by atoms with E-state index in [-0.39, 0.29) is 24.0 Å². The summed E-state index contributed by atoms with van der Waals surface area (Å²) in [5, 5.41) is 3.10. The summed E-state index contributed by atoms with van der Waals surface area (Å²) in [5.41, 5.74) is 6.79. The van der Waals surface area contributed by atoms with E-state index in [0.29, 0.717) is 35.7 Å². The number of halogens is 1. The second kappa shape index (κ2) is 11.2. The molecular formula is C16H28IN3O3. The van der Waals surface area contributed by atoms with Gasteiger partial charge in [0, 0.05) is 6.54 Å². The minimum Gasteiger partial charge on any atom is -0.493 e. The highest BCUT2D eigenvalue weighted by Crippen LogP contribution is 2.38. The fourth-order valence-electron chi connectivity index (χ4n) is 1.95. The molecule has 1 aromatic carbocycles. The summed E-state index contributed by atoms with van der Waals surface area (Å²) in [7, 11) is 4.76. The topological polar surface area (TPSA) is 78.1 Å². The number of hydrogen-bond acceptors (Lipinski definition) is 4. The lowest BCUT2D eigenvalue weighted by Gasteiger charge is -2.13. The fourth-order valence-corrected chi connectivity index (χ4v) is 1.95. The molecule has 3 N–H and O–H groups in total. The Morgan fingerprint density at radius 2 is 1.70 bits per heavy atom. The van der Waals surface area contributed by atoms with Crippen molar-refractivity contribution in [1.29, 1.82) is 0 Å². The summed E-state index contributed by atoms with van der Waals surface area (Å²) in [6.45, 7) is 5.61. The van der Waals surface area contributed by atoms with Gasteiger partial charge >= 0.3 is 0 Å². The molecule has 0 bridgehead atoms. The van der Waals surface area contributed by atoms with E-state index in [0.717, 1.165) is 18.5 Å². The Hall–Kier alpha value is -1.38. The van der Waals surface area contributed by atoms with Crippen LogP contribution in [0.5, 0.6) is 17.2 Å². The van der Waals surface area contributed by atoms with Crippen molar-refractivity contribution in [2.45, 2.75) is 26.8 Å². The molecule has 0 aliphatic rings. The monoisotopic (exact) mass is 437 g/mol. The molecule has 7 heteroatoms. The molecule has 0 aliphatic heterocycles. The van der Waals surface area contributed by atoms with Crippen LogP contribution in [0.1, 0.15) is 25.8 Å². The third-order valence-electron chi connectivity index (χ3n) is 3.18. The second-order valence-electron chi connectivity index (χ2n) is 5.34. The van der Waals surface area contributed by atoms with Gasteiger partial charge in [0.25, 0.3) is 0 Å². The van der Waals surface area contributed by atoms with Crippen LogP contribution >= 0.6 is 24.0 Å². The molecule has 0 aromatic heterocycles. The lowest BCUT2D eigenvalue weighted by molar-refractivity contribution is 0.324. The molecule has 23 heavy (non-hydrogen) atoms. The average molecular weight is 437 g/mol. The van der Waals surface area contributed by atoms with Crippen molar-refractivity contribution in [3.8, 4) is 17.2 Å². The fraction of sp³-hybridized carbons (Fsp3) is 0.562. The zero-order valence-electron chi connectivity index (χ0n) is 14.5. The molecule has 0 spiro atoms. The van der Waals surface area contributed by atoms with Crippen LogP contribution in [0.15, 0.2) is 17.1 Å². The predicted octanol–water partition coefficient (Wildman–Crippen LogP) is 2.78. The van der Waals surface area contributed by atoms with Crippen molar-refractivity contribution in [3.63, 3.8) is 0 Å². The van der Waals surface area contributed by atoms with Gasteiger partial charge in [-0.1, -0.05) is 13.8 Å². The Balaban J connectivity index is 0.00000484. The molecule has 0 saturated carbocycles. The minimum absolute atomic E-state index is 0. The first-order valence-corrected chi connectivity index (χ1v) is 7.34. The van der Waals surface area contributed by atoms with E-state index in [9.17, 15) is 0 Å². The number of nitrogens with two attached hydrogens (primary N) is 1. The molecule has 0 atom stereocenters. The third-order valence-corrected chi connectivity index (χ3v) is 3.18. The highest BCUT2D eigenvalue weighted by molar-refractivity contribution is 14.0. The minimum atomic E-state index is 0. The maximum atomic E-state index is 5.86. The second-order valence-corrected chi connectivity index (χ2v) is 5.34. The first-order chi connectivity index (χ1) is 10.5. The highest BCUT2D eigenvalue weighted by atomic mass is 127. The first-order valence-electron chi connectivity index (χ1n) is 7.34. The number of methoxy groups -OCH3 is 3. The van der Waals surface area contributed by atoms with Crippen molar-refractivity contribution in [3.05, 3.63) is 17.7 Å². The van der Waals surface area contributed by atoms with Gasteiger partial charge in [0.1, 0.15) is 0 Å². The standard InChI is InChI=1S/C16H27N3O3.HI/c1-11(2)6-7-18-16(17)19-10-12-8-13(20-3)15(22-5)14(9-12)21-4;/h8-9,11H,6-7,10H2,1-5H3,(H3,17,18,19);1H. The van der Waals surface area contributed by atoms with E-state index >= 15 is 0 Å². The predicted molar refractivity (Wildman–Crippen MR) is 104 cm³/mol. The number of hydrogen-bond donors (Lipinski definition) is 2. The van der Waals surface area contributed by atoms with Crippen molar-refractivity contribution in [2.24, 2.45) is 16.6 Å². The number of aliphatic imine (C=N–C) groups is 1. The summed E-state index contributed by atoms with van der Waals surface area (Å²) in [6.07, 6.45) is 1.06. The van der Waals surface area contributed by atoms with Crippen LogP contribution in [0.25, 0.3) is 0 Å². The molecular weight excluding hydrogens is 409 g/mol. The third kappa shape index (κ3) is 7.15. The molecule has 6 nitrogen and oxygen atoms in total. The van der Waals surface area contributed by atoms with E-state index in [2.05, 4.69) is 24.2 Å². The summed E-state index contributed by atoms with van der Waals surface area (Å²) >= 11 is 0. The maximum absolute atomic E-state index is 5.86. The van der Waals surface area contributed by atoms with E-state index < -0.39 is 0 Å². The van der Waals surface area contributed by atoms with Gasteiger partial charge in [-0.15, -0.1) is 24.0 Å². The number of guanidine groups is 1. The van der Waals surface area contributed by atoms with Crippen LogP contribution in [0.3, 0.4) is 0 Å². The number of benzene rings is 1. The lowest BCUT2D eigenvalue weighted by Crippen LogP contribution is -2.32. The number of rotatable bonds is 8. The zero-order valence-corrected chi connectivity index (χ0v) is 16.8. The number of ether oxygens (including phenoxy) is 3. The van der Waals surface area contributed by atoms with E-state index in [1.807, 2.05) is 12.1 Å². The van der Waals surface area contributed by atoms with E-state index in [4.69, 9.17) is 19.9 Å². The Labute approximate surface area is 155 Å². The summed E-state index contributed by atoms with van der Waals surface area (Å²) in [5.74, 6) is 2.86. The molecule has 132 valence electrons. The summed E-state index contributed by atoms with van der Waals surface area (Å²) in [6, 6.07) is 3.73. The average Bonchev–Trinajstić information content (AvgIpc) is 2.51. The molecule has 0 saturated heterocycles. The van der Waals surface area contributed by atoms with Gasteiger partial charge in [-0.05, 0) is 30.0 Å². The number of nitrogens with one attached hydrogen (secondary N) is 1. The molecule has 0 unspecified atom stereocenters. The van der Waals surface area contributed by atoms with Crippen molar-refractivity contribution >= 4 is 29.9 Å². The summed E-state index contributed by atoms with van der Waals surface area (Å²) in [4.78, 5) is 4.33. The van der Waals surface area contributed by atoms with Crippen LogP contribution in [0, 0.1) is 5.92 Å². The van der Waals surface area contributed by atoms with Crippen LogP contribution in [-0.2, 0) is 6.54 Å². The van der Waals surface area contributed by atoms with Crippen LogP contribution in [-0.4, -0.2) is 33.8 Å². The molecule has 0 fully saturated rings. The number of nitrogens with zero attached hydrogens (tertiary/aromatic N) is 1. The van der Waals surface area contributed by atoms with E-state index in [1.54, 1.807) is 21.3 Å². The highest BCUT2D eigenvalue weighted by Gasteiger charge is 2.12. The van der Waals surface area contributed by atoms with Crippen molar-refractivity contribution < 1.29 is 14.2 Å². The van der Waals surface area contributed by atoms with Gasteiger partial charge in [-0.3, -0.25) is 0 Å². The quantitative estimate of drug-likeness (QED) is 0.372. The molecule has 0 radical (unpaired) electrons. The SMILES string of the molecule is COc1cc(CN=C(N)NCCC(C)C)cc(OC)c1OC.I. The van der Waals surface area contributed by atoms with Gasteiger partial charge in [0.05, 0.1) is 27.9 Å². The van der Waals surface area contributed by atoms with Gasteiger partial charge in [-0.25, -0.2) is 4.99 Å². The Kier molecular flexibility index (Phi) is 10.5. The van der Waals surface area contributed by atoms with Gasteiger partial charge in [0.15, 0.2) is 17.5 Å². The van der Waals surface area contributed by atoms with Gasteiger partial charge in [0.2, 0.25) is 5.75 Å². The lowest BCUT2D eigenvalue weighted by atomic mass is 10.1. The summed E-state index contributed by atoms with van der Waals surface area (Å²) < 4.78 is 15.9. The van der Waals surface area contributed by atoms with Crippen LogP contribution in [0.4, 0.5) is 0 Å². The van der Waals surface area contributed by atoms with E-state index in [1.165, 1.54) is 0 Å².